The molecular formula is C18H11BrClN3O3. The molecular weight excluding hydrogens is 422 g/mol. The molecule has 3 aromatic rings. The topological polar surface area (TPSA) is 81.2 Å². The second-order valence-corrected chi connectivity index (χ2v) is 6.43. The number of nitrogens with one attached hydrogen (secondary N) is 1. The predicted molar refractivity (Wildman–Crippen MR) is 101 cm³/mol. The molecule has 8 heteroatoms. The fourth-order valence-electron chi connectivity index (χ4n) is 2.06. The number of carbonyl (C=O) groups excluding carboxylic acids is 2. The van der Waals surface area contributed by atoms with Crippen LogP contribution in [0.4, 0.5) is 5.69 Å². The maximum atomic E-state index is 12.6. The number of halogens is 2. The summed E-state index contributed by atoms with van der Waals surface area (Å²) in [6, 6.07) is 11.5. The summed E-state index contributed by atoms with van der Waals surface area (Å²) in [5.74, 6) is -1.12. The molecule has 0 bridgehead atoms. The van der Waals surface area contributed by atoms with Crippen LogP contribution in [0.2, 0.25) is 5.02 Å². The summed E-state index contributed by atoms with van der Waals surface area (Å²) < 4.78 is 6.18. The van der Waals surface area contributed by atoms with Gasteiger partial charge in [0.1, 0.15) is 5.75 Å². The van der Waals surface area contributed by atoms with Gasteiger partial charge in [-0.05, 0) is 42.5 Å². The van der Waals surface area contributed by atoms with Gasteiger partial charge in [0.2, 0.25) is 0 Å². The third kappa shape index (κ3) is 4.44. The average molecular weight is 433 g/mol. The van der Waals surface area contributed by atoms with Crippen molar-refractivity contribution in [2.75, 3.05) is 5.32 Å². The van der Waals surface area contributed by atoms with Crippen molar-refractivity contribution in [1.82, 2.24) is 9.97 Å². The molecule has 1 amide bonds. The molecule has 0 aliphatic carbocycles. The van der Waals surface area contributed by atoms with Crippen molar-refractivity contribution in [3.05, 3.63) is 81.8 Å². The quantitative estimate of drug-likeness (QED) is 0.489. The minimum absolute atomic E-state index is 0.0294. The summed E-state index contributed by atoms with van der Waals surface area (Å²) >= 11 is 9.32. The highest BCUT2D eigenvalue weighted by Gasteiger charge is 2.18. The second kappa shape index (κ2) is 8.07. The molecule has 0 aliphatic rings. The van der Waals surface area contributed by atoms with Gasteiger partial charge >= 0.3 is 5.97 Å². The second-order valence-electron chi connectivity index (χ2n) is 5.08. The van der Waals surface area contributed by atoms with Crippen LogP contribution in [0.1, 0.15) is 20.8 Å². The summed E-state index contributed by atoms with van der Waals surface area (Å²) in [7, 11) is 0. The molecule has 1 N–H and O–H groups in total. The Morgan fingerprint density at radius 2 is 1.85 bits per heavy atom. The minimum atomic E-state index is -0.724. The number of amides is 1. The van der Waals surface area contributed by atoms with Crippen LogP contribution in [0.15, 0.2) is 65.5 Å². The molecule has 2 aromatic carbocycles. The van der Waals surface area contributed by atoms with Crippen molar-refractivity contribution in [1.29, 1.82) is 0 Å². The van der Waals surface area contributed by atoms with Gasteiger partial charge in [-0.25, -0.2) is 9.78 Å². The number of carbonyl (C=O) groups is 2. The maximum Gasteiger partial charge on any atom is 0.363 e. The van der Waals surface area contributed by atoms with Crippen LogP contribution in [-0.4, -0.2) is 21.8 Å². The maximum absolute atomic E-state index is 12.6. The van der Waals surface area contributed by atoms with E-state index in [1.165, 1.54) is 36.8 Å². The van der Waals surface area contributed by atoms with Crippen molar-refractivity contribution in [2.24, 2.45) is 0 Å². The lowest BCUT2D eigenvalue weighted by Crippen LogP contribution is -2.17. The molecule has 1 heterocycles. The third-order valence-corrected chi connectivity index (χ3v) is 4.03. The fourth-order valence-corrected chi connectivity index (χ4v) is 2.49. The Morgan fingerprint density at radius 3 is 2.54 bits per heavy atom. The lowest BCUT2D eigenvalue weighted by Gasteiger charge is -2.11. The van der Waals surface area contributed by atoms with Crippen LogP contribution >= 0.6 is 27.5 Å². The summed E-state index contributed by atoms with van der Waals surface area (Å²) in [5, 5.41) is 3.07. The van der Waals surface area contributed by atoms with E-state index in [4.69, 9.17) is 16.3 Å². The van der Waals surface area contributed by atoms with Crippen molar-refractivity contribution < 1.29 is 14.3 Å². The van der Waals surface area contributed by atoms with Crippen molar-refractivity contribution in [3.63, 3.8) is 0 Å². The van der Waals surface area contributed by atoms with Gasteiger partial charge in [0.15, 0.2) is 5.69 Å². The summed E-state index contributed by atoms with van der Waals surface area (Å²) in [6.45, 7) is 0. The molecule has 1 aromatic heterocycles. The Labute approximate surface area is 162 Å². The van der Waals surface area contributed by atoms with Crippen LogP contribution in [0.25, 0.3) is 0 Å². The van der Waals surface area contributed by atoms with Gasteiger partial charge in [-0.15, -0.1) is 0 Å². The van der Waals surface area contributed by atoms with Gasteiger partial charge in [-0.2, -0.15) is 0 Å². The highest BCUT2D eigenvalue weighted by Crippen LogP contribution is 2.25. The molecule has 0 aliphatic heterocycles. The molecule has 0 saturated heterocycles. The van der Waals surface area contributed by atoms with Crippen LogP contribution in [0, 0.1) is 0 Å². The number of nitrogens with zero attached hydrogens (tertiary/aromatic N) is 2. The highest BCUT2D eigenvalue weighted by atomic mass is 79.9. The summed E-state index contributed by atoms with van der Waals surface area (Å²) in [5.41, 5.74) is 0.740. The van der Waals surface area contributed by atoms with E-state index < -0.39 is 11.9 Å². The molecule has 130 valence electrons. The van der Waals surface area contributed by atoms with E-state index >= 15 is 0 Å². The van der Waals surface area contributed by atoms with Crippen LogP contribution in [0.5, 0.6) is 5.75 Å². The van der Waals surface area contributed by atoms with Gasteiger partial charge < -0.3 is 10.1 Å². The smallest absolute Gasteiger partial charge is 0.363 e. The Balaban J connectivity index is 1.84. The van der Waals surface area contributed by atoms with Crippen molar-refractivity contribution in [2.45, 2.75) is 0 Å². The molecule has 3 rings (SSSR count). The SMILES string of the molecule is O=C(Oc1ccc(Cl)cc1C(=O)Nc1ccc(Br)cc1)c1cnccn1. The molecule has 0 saturated carbocycles. The average Bonchev–Trinajstić information content (AvgIpc) is 2.65. The molecule has 6 nitrogen and oxygen atoms in total. The first-order valence-electron chi connectivity index (χ1n) is 7.37. The Hall–Kier alpha value is -2.77. The summed E-state index contributed by atoms with van der Waals surface area (Å²) in [6.07, 6.45) is 4.09. The molecule has 0 unspecified atom stereocenters. The molecule has 0 radical (unpaired) electrons. The first-order chi connectivity index (χ1) is 12.5. The number of hydrogen-bond acceptors (Lipinski definition) is 5. The largest absolute Gasteiger partial charge is 0.421 e. The van der Waals surface area contributed by atoms with E-state index in [1.807, 2.05) is 0 Å². The van der Waals surface area contributed by atoms with Gasteiger partial charge in [-0.3, -0.25) is 9.78 Å². The minimum Gasteiger partial charge on any atom is -0.421 e. The lowest BCUT2D eigenvalue weighted by molar-refractivity contribution is 0.0726. The Morgan fingerprint density at radius 1 is 1.08 bits per heavy atom. The Kier molecular flexibility index (Phi) is 5.60. The Bertz CT molecular complexity index is 950. The van der Waals surface area contributed by atoms with E-state index in [0.29, 0.717) is 10.7 Å². The first kappa shape index (κ1) is 18.0. The van der Waals surface area contributed by atoms with Gasteiger partial charge in [0.05, 0.1) is 11.8 Å². The zero-order valence-corrected chi connectivity index (χ0v) is 15.5. The highest BCUT2D eigenvalue weighted by molar-refractivity contribution is 9.10. The van der Waals surface area contributed by atoms with Gasteiger partial charge in [0.25, 0.3) is 5.91 Å². The standard InChI is InChI=1S/C18H11BrClN3O3/c19-11-1-4-13(5-2-11)23-17(24)14-9-12(20)3-6-16(14)26-18(25)15-10-21-7-8-22-15/h1-10H,(H,23,24). The molecule has 26 heavy (non-hydrogen) atoms. The number of hydrogen-bond donors (Lipinski definition) is 1. The number of ether oxygens (including phenoxy) is 1. The van der Waals surface area contributed by atoms with E-state index in [1.54, 1.807) is 24.3 Å². The van der Waals surface area contributed by atoms with Gasteiger partial charge in [0, 0.05) is 27.6 Å². The van der Waals surface area contributed by atoms with Crippen LogP contribution in [0.3, 0.4) is 0 Å². The number of esters is 1. The number of anilines is 1. The predicted octanol–water partition coefficient (Wildman–Crippen LogP) is 4.36. The van der Waals surface area contributed by atoms with Crippen molar-refractivity contribution in [3.8, 4) is 5.75 Å². The van der Waals surface area contributed by atoms with Crippen LogP contribution < -0.4 is 10.1 Å². The zero-order chi connectivity index (χ0) is 18.5. The normalized spacial score (nSPS) is 10.2. The van der Waals surface area contributed by atoms with E-state index in [2.05, 4.69) is 31.2 Å². The third-order valence-electron chi connectivity index (χ3n) is 3.26. The van der Waals surface area contributed by atoms with Gasteiger partial charge in [-0.1, -0.05) is 27.5 Å². The van der Waals surface area contributed by atoms with E-state index in [0.717, 1.165) is 4.47 Å². The van der Waals surface area contributed by atoms with Crippen LogP contribution in [-0.2, 0) is 0 Å². The van der Waals surface area contributed by atoms with Crippen molar-refractivity contribution >= 4 is 45.1 Å². The zero-order valence-electron chi connectivity index (χ0n) is 13.1. The lowest BCUT2D eigenvalue weighted by atomic mass is 10.1. The fraction of sp³-hybridized carbons (Fsp3) is 0. The summed E-state index contributed by atoms with van der Waals surface area (Å²) in [4.78, 5) is 32.5. The monoisotopic (exact) mass is 431 g/mol. The number of aromatic nitrogens is 2. The van der Waals surface area contributed by atoms with E-state index in [-0.39, 0.29) is 17.0 Å². The molecule has 0 fully saturated rings. The number of benzene rings is 2. The molecule has 0 spiro atoms. The molecule has 0 atom stereocenters. The number of rotatable bonds is 4. The van der Waals surface area contributed by atoms with E-state index in [9.17, 15) is 9.59 Å². The first-order valence-corrected chi connectivity index (χ1v) is 8.55.